The molecular formula is C23H25N3O4. The standard InChI is InChI=1S/C23H25N3O4/c1-23(2,3)18-11-9-17(10-12-18)22(29)25-15-21(28)30-16-20(27)26(14-13-24)19-7-5-4-6-8-19/h4-12H,14-16H2,1-3H3,(H,25,29). The number of ether oxygens (including phenoxy) is 1. The lowest BCUT2D eigenvalue weighted by molar-refractivity contribution is -0.146. The monoisotopic (exact) mass is 407 g/mol. The van der Waals surface area contributed by atoms with Crippen molar-refractivity contribution in [1.29, 1.82) is 5.26 Å². The molecule has 0 saturated heterocycles. The molecule has 2 rings (SSSR count). The minimum absolute atomic E-state index is 0.0233. The van der Waals surface area contributed by atoms with E-state index >= 15 is 0 Å². The molecule has 0 unspecified atom stereocenters. The summed E-state index contributed by atoms with van der Waals surface area (Å²) in [5, 5.41) is 11.4. The molecule has 0 spiro atoms. The Morgan fingerprint density at radius 3 is 2.23 bits per heavy atom. The van der Waals surface area contributed by atoms with Crippen LogP contribution in [0, 0.1) is 11.3 Å². The molecule has 0 heterocycles. The van der Waals surface area contributed by atoms with Gasteiger partial charge in [0.25, 0.3) is 11.8 Å². The molecule has 1 N–H and O–H groups in total. The predicted octanol–water partition coefficient (Wildman–Crippen LogP) is 2.81. The zero-order chi connectivity index (χ0) is 22.1. The zero-order valence-electron chi connectivity index (χ0n) is 17.3. The van der Waals surface area contributed by atoms with Gasteiger partial charge in [0.1, 0.15) is 13.1 Å². The first-order valence-electron chi connectivity index (χ1n) is 9.49. The SMILES string of the molecule is CC(C)(C)c1ccc(C(=O)NCC(=O)OCC(=O)N(CC#N)c2ccccc2)cc1. The molecule has 2 aromatic carbocycles. The van der Waals surface area contributed by atoms with Crippen LogP contribution in [0.15, 0.2) is 54.6 Å². The minimum atomic E-state index is -0.743. The van der Waals surface area contributed by atoms with Gasteiger partial charge in [0.15, 0.2) is 6.61 Å². The molecule has 30 heavy (non-hydrogen) atoms. The van der Waals surface area contributed by atoms with Crippen LogP contribution >= 0.6 is 0 Å². The Morgan fingerprint density at radius 1 is 1.03 bits per heavy atom. The van der Waals surface area contributed by atoms with E-state index in [1.54, 1.807) is 42.5 Å². The van der Waals surface area contributed by atoms with Gasteiger partial charge in [-0.05, 0) is 35.2 Å². The second-order valence-corrected chi connectivity index (χ2v) is 7.64. The summed E-state index contributed by atoms with van der Waals surface area (Å²) >= 11 is 0. The van der Waals surface area contributed by atoms with Gasteiger partial charge < -0.3 is 10.1 Å². The molecule has 0 radical (unpaired) electrons. The lowest BCUT2D eigenvalue weighted by Crippen LogP contribution is -2.37. The molecule has 2 aromatic rings. The molecule has 7 nitrogen and oxygen atoms in total. The lowest BCUT2D eigenvalue weighted by atomic mass is 9.87. The Balaban J connectivity index is 1.84. The van der Waals surface area contributed by atoms with Crippen molar-refractivity contribution in [2.45, 2.75) is 26.2 Å². The van der Waals surface area contributed by atoms with E-state index in [4.69, 9.17) is 10.00 Å². The fourth-order valence-electron chi connectivity index (χ4n) is 2.65. The maximum Gasteiger partial charge on any atom is 0.325 e. The van der Waals surface area contributed by atoms with Crippen molar-refractivity contribution >= 4 is 23.5 Å². The van der Waals surface area contributed by atoms with E-state index in [0.717, 1.165) is 5.56 Å². The molecular weight excluding hydrogens is 382 g/mol. The zero-order valence-corrected chi connectivity index (χ0v) is 17.3. The van der Waals surface area contributed by atoms with Crippen LogP contribution in [0.4, 0.5) is 5.69 Å². The summed E-state index contributed by atoms with van der Waals surface area (Å²) in [4.78, 5) is 37.7. The van der Waals surface area contributed by atoms with Crippen LogP contribution in [-0.2, 0) is 19.7 Å². The fourth-order valence-corrected chi connectivity index (χ4v) is 2.65. The highest BCUT2D eigenvalue weighted by atomic mass is 16.5. The quantitative estimate of drug-likeness (QED) is 0.562. The van der Waals surface area contributed by atoms with E-state index in [1.807, 2.05) is 18.2 Å². The smallest absolute Gasteiger partial charge is 0.325 e. The van der Waals surface area contributed by atoms with Gasteiger partial charge in [0, 0.05) is 11.3 Å². The fraction of sp³-hybridized carbons (Fsp3) is 0.304. The van der Waals surface area contributed by atoms with Crippen LogP contribution in [-0.4, -0.2) is 37.5 Å². The molecule has 156 valence electrons. The number of nitrogens with zero attached hydrogens (tertiary/aromatic N) is 2. The number of amides is 2. The number of nitrogens with one attached hydrogen (secondary N) is 1. The highest BCUT2D eigenvalue weighted by Crippen LogP contribution is 2.22. The van der Waals surface area contributed by atoms with Crippen LogP contribution in [0.25, 0.3) is 0 Å². The van der Waals surface area contributed by atoms with Crippen molar-refractivity contribution in [1.82, 2.24) is 5.32 Å². The Kier molecular flexibility index (Phi) is 7.70. The average Bonchev–Trinajstić information content (AvgIpc) is 2.74. The van der Waals surface area contributed by atoms with Crippen LogP contribution in [0.5, 0.6) is 0 Å². The number of carbonyl (C=O) groups excluding carboxylic acids is 3. The second-order valence-electron chi connectivity index (χ2n) is 7.64. The van der Waals surface area contributed by atoms with E-state index in [9.17, 15) is 14.4 Å². The largest absolute Gasteiger partial charge is 0.454 e. The third kappa shape index (κ3) is 6.45. The van der Waals surface area contributed by atoms with Crippen molar-refractivity contribution in [3.63, 3.8) is 0 Å². The molecule has 0 aromatic heterocycles. The number of carbonyl (C=O) groups is 3. The second kappa shape index (κ2) is 10.2. The topological polar surface area (TPSA) is 99.5 Å². The molecule has 7 heteroatoms. The van der Waals surface area contributed by atoms with Crippen LogP contribution < -0.4 is 10.2 Å². The summed E-state index contributed by atoms with van der Waals surface area (Å²) in [5.74, 6) is -1.68. The van der Waals surface area contributed by atoms with Gasteiger partial charge in [-0.3, -0.25) is 19.3 Å². The lowest BCUT2D eigenvalue weighted by Gasteiger charge is -2.19. The van der Waals surface area contributed by atoms with Crippen molar-refractivity contribution in [2.75, 3.05) is 24.6 Å². The number of hydrogen-bond donors (Lipinski definition) is 1. The van der Waals surface area contributed by atoms with Gasteiger partial charge in [-0.1, -0.05) is 51.1 Å². The van der Waals surface area contributed by atoms with E-state index in [-0.39, 0.29) is 18.5 Å². The van der Waals surface area contributed by atoms with Crippen molar-refractivity contribution in [2.24, 2.45) is 0 Å². The summed E-state index contributed by atoms with van der Waals surface area (Å²) in [6.07, 6.45) is 0. The molecule has 0 aliphatic rings. The highest BCUT2D eigenvalue weighted by Gasteiger charge is 2.18. The van der Waals surface area contributed by atoms with Crippen molar-refractivity contribution in [3.8, 4) is 6.07 Å². The summed E-state index contributed by atoms with van der Waals surface area (Å²) in [7, 11) is 0. The number of rotatable bonds is 7. The van der Waals surface area contributed by atoms with E-state index < -0.39 is 24.4 Å². The Labute approximate surface area is 176 Å². The summed E-state index contributed by atoms with van der Waals surface area (Å²) in [6, 6.07) is 17.7. The number of para-hydroxylation sites is 1. The maximum atomic E-state index is 12.3. The van der Waals surface area contributed by atoms with Crippen LogP contribution in [0.2, 0.25) is 0 Å². The predicted molar refractivity (Wildman–Crippen MR) is 113 cm³/mol. The number of esters is 1. The van der Waals surface area contributed by atoms with Gasteiger partial charge in [0.05, 0.1) is 6.07 Å². The third-order valence-corrected chi connectivity index (χ3v) is 4.36. The first-order valence-corrected chi connectivity index (χ1v) is 9.49. The molecule has 0 bridgehead atoms. The van der Waals surface area contributed by atoms with Gasteiger partial charge >= 0.3 is 5.97 Å². The van der Waals surface area contributed by atoms with Gasteiger partial charge in [-0.2, -0.15) is 5.26 Å². The number of anilines is 1. The van der Waals surface area contributed by atoms with E-state index in [2.05, 4.69) is 26.1 Å². The molecule has 0 aliphatic heterocycles. The molecule has 0 saturated carbocycles. The molecule has 0 aliphatic carbocycles. The number of hydrogen-bond acceptors (Lipinski definition) is 5. The third-order valence-electron chi connectivity index (χ3n) is 4.36. The summed E-state index contributed by atoms with van der Waals surface area (Å²) < 4.78 is 4.95. The summed E-state index contributed by atoms with van der Waals surface area (Å²) in [6.45, 7) is 5.18. The first-order chi connectivity index (χ1) is 14.2. The number of benzene rings is 2. The van der Waals surface area contributed by atoms with E-state index in [0.29, 0.717) is 11.3 Å². The van der Waals surface area contributed by atoms with Crippen LogP contribution in [0.1, 0.15) is 36.7 Å². The minimum Gasteiger partial charge on any atom is -0.454 e. The van der Waals surface area contributed by atoms with Gasteiger partial charge in [-0.25, -0.2) is 0 Å². The molecule has 2 amide bonds. The normalized spacial score (nSPS) is 10.6. The summed E-state index contributed by atoms with van der Waals surface area (Å²) in [5.41, 5.74) is 2.03. The van der Waals surface area contributed by atoms with Crippen molar-refractivity contribution < 1.29 is 19.1 Å². The maximum absolute atomic E-state index is 12.3. The molecule has 0 fully saturated rings. The average molecular weight is 407 g/mol. The Hall–Kier alpha value is -3.66. The van der Waals surface area contributed by atoms with E-state index in [1.165, 1.54) is 4.90 Å². The van der Waals surface area contributed by atoms with Crippen molar-refractivity contribution in [3.05, 3.63) is 65.7 Å². The van der Waals surface area contributed by atoms with Crippen LogP contribution in [0.3, 0.4) is 0 Å². The highest BCUT2D eigenvalue weighted by molar-refractivity contribution is 5.97. The first kappa shape index (κ1) is 22.6. The van der Waals surface area contributed by atoms with Gasteiger partial charge in [0.2, 0.25) is 0 Å². The molecule has 0 atom stereocenters. The number of nitriles is 1. The van der Waals surface area contributed by atoms with Gasteiger partial charge in [-0.15, -0.1) is 0 Å². The Bertz CT molecular complexity index is 926. The Morgan fingerprint density at radius 2 is 1.67 bits per heavy atom.